The first kappa shape index (κ1) is 16.5. The van der Waals surface area contributed by atoms with Crippen LogP contribution in [0.15, 0.2) is 54.9 Å². The van der Waals surface area contributed by atoms with Crippen LogP contribution in [0.3, 0.4) is 0 Å². The van der Waals surface area contributed by atoms with Crippen LogP contribution in [0.4, 0.5) is 0 Å². The Morgan fingerprint density at radius 3 is 2.58 bits per heavy atom. The van der Waals surface area contributed by atoms with Gasteiger partial charge in [-0.2, -0.15) is 5.10 Å². The van der Waals surface area contributed by atoms with E-state index in [1.54, 1.807) is 0 Å². The van der Waals surface area contributed by atoms with E-state index in [9.17, 15) is 4.79 Å². The molecule has 0 bridgehead atoms. The molecule has 1 amide bonds. The molecule has 132 valence electrons. The number of benzene rings is 1. The molecule has 5 heteroatoms. The van der Waals surface area contributed by atoms with Gasteiger partial charge in [0.05, 0.1) is 23.1 Å². The van der Waals surface area contributed by atoms with Crippen molar-refractivity contribution >= 4 is 5.91 Å². The molecule has 1 aliphatic heterocycles. The third-order valence-corrected chi connectivity index (χ3v) is 4.91. The molecule has 3 heterocycles. The van der Waals surface area contributed by atoms with E-state index in [-0.39, 0.29) is 5.91 Å². The molecule has 2 aromatic heterocycles. The summed E-state index contributed by atoms with van der Waals surface area (Å²) in [5, 5.41) is 4.20. The summed E-state index contributed by atoms with van der Waals surface area (Å²) in [7, 11) is 1.93. The molecule has 0 spiro atoms. The van der Waals surface area contributed by atoms with Crippen molar-refractivity contribution in [2.75, 3.05) is 13.1 Å². The van der Waals surface area contributed by atoms with Crippen LogP contribution in [0.2, 0.25) is 0 Å². The van der Waals surface area contributed by atoms with Crippen molar-refractivity contribution in [2.45, 2.75) is 13.3 Å². The lowest BCUT2D eigenvalue weighted by Gasteiger charge is -2.39. The van der Waals surface area contributed by atoms with Gasteiger partial charge in [-0.25, -0.2) is 0 Å². The van der Waals surface area contributed by atoms with Crippen LogP contribution in [-0.4, -0.2) is 38.7 Å². The van der Waals surface area contributed by atoms with E-state index in [4.69, 9.17) is 0 Å². The highest BCUT2D eigenvalue weighted by Gasteiger charge is 2.32. The molecule has 0 unspecified atom stereocenters. The number of nitrogens with zero attached hydrogens (tertiary/aromatic N) is 4. The summed E-state index contributed by atoms with van der Waals surface area (Å²) in [6.45, 7) is 3.51. The van der Waals surface area contributed by atoms with Gasteiger partial charge in [0.25, 0.3) is 5.91 Å². The van der Waals surface area contributed by atoms with Crippen LogP contribution in [0.25, 0.3) is 11.3 Å². The van der Waals surface area contributed by atoms with Crippen LogP contribution in [-0.2, 0) is 13.5 Å². The van der Waals surface area contributed by atoms with Gasteiger partial charge < -0.3 is 4.90 Å². The molecule has 0 N–H and O–H groups in total. The predicted octanol–water partition coefficient (Wildman–Crippen LogP) is 3.11. The fraction of sp³-hybridized carbons (Fsp3) is 0.286. The third-order valence-electron chi connectivity index (χ3n) is 4.91. The van der Waals surface area contributed by atoms with Gasteiger partial charge >= 0.3 is 0 Å². The number of amides is 1. The molecule has 0 saturated carbocycles. The number of carbonyl (C=O) groups excluding carboxylic acids is 1. The summed E-state index contributed by atoms with van der Waals surface area (Å²) in [4.78, 5) is 19.3. The van der Waals surface area contributed by atoms with Gasteiger partial charge in [0.2, 0.25) is 0 Å². The van der Waals surface area contributed by atoms with Crippen molar-refractivity contribution < 1.29 is 4.79 Å². The van der Waals surface area contributed by atoms with Crippen molar-refractivity contribution in [3.63, 3.8) is 0 Å². The van der Waals surface area contributed by atoms with Gasteiger partial charge in [-0.3, -0.25) is 14.5 Å². The van der Waals surface area contributed by atoms with Gasteiger partial charge in [0, 0.05) is 31.9 Å². The zero-order valence-electron chi connectivity index (χ0n) is 15.1. The minimum absolute atomic E-state index is 0.0806. The number of likely N-dealkylation sites (tertiary alicyclic amines) is 1. The van der Waals surface area contributed by atoms with Gasteiger partial charge in [0.15, 0.2) is 0 Å². The Morgan fingerprint density at radius 2 is 1.92 bits per heavy atom. The number of aromatic nitrogens is 3. The molecule has 3 aromatic rings. The van der Waals surface area contributed by atoms with E-state index in [1.165, 1.54) is 5.56 Å². The average Bonchev–Trinajstić information content (AvgIpc) is 3.03. The van der Waals surface area contributed by atoms with Crippen LogP contribution in [0.5, 0.6) is 0 Å². The second-order valence-electron chi connectivity index (χ2n) is 7.00. The third kappa shape index (κ3) is 3.25. The molecule has 0 atom stereocenters. The van der Waals surface area contributed by atoms with Crippen LogP contribution in [0, 0.1) is 12.8 Å². The van der Waals surface area contributed by atoms with E-state index >= 15 is 0 Å². The molecule has 0 radical (unpaired) electrons. The Bertz CT molecular complexity index is 926. The Morgan fingerprint density at radius 1 is 1.15 bits per heavy atom. The fourth-order valence-electron chi connectivity index (χ4n) is 3.50. The SMILES string of the molecule is Cc1nc(-c2ccccc2)ccc1C(=O)N1CC(Cc2cnn(C)c2)C1. The highest BCUT2D eigenvalue weighted by Crippen LogP contribution is 2.24. The maximum absolute atomic E-state index is 12.8. The highest BCUT2D eigenvalue weighted by molar-refractivity contribution is 5.96. The molecule has 1 aromatic carbocycles. The molecule has 5 nitrogen and oxygen atoms in total. The molecule has 0 aliphatic carbocycles. The van der Waals surface area contributed by atoms with E-state index in [2.05, 4.69) is 10.1 Å². The first-order chi connectivity index (χ1) is 12.6. The average molecular weight is 346 g/mol. The summed E-state index contributed by atoms with van der Waals surface area (Å²) in [5.74, 6) is 0.594. The first-order valence-corrected chi connectivity index (χ1v) is 8.90. The standard InChI is InChI=1S/C21H22N4O/c1-15-19(8-9-20(23-15)18-6-4-3-5-7-18)21(26)25-13-17(14-25)10-16-11-22-24(2)12-16/h3-9,11-12,17H,10,13-14H2,1-2H3. The summed E-state index contributed by atoms with van der Waals surface area (Å²) in [5.41, 5.74) is 4.68. The zero-order valence-corrected chi connectivity index (χ0v) is 15.1. The number of pyridine rings is 1. The molecule has 26 heavy (non-hydrogen) atoms. The molecular weight excluding hydrogens is 324 g/mol. The smallest absolute Gasteiger partial charge is 0.255 e. The van der Waals surface area contributed by atoms with Crippen LogP contribution >= 0.6 is 0 Å². The quantitative estimate of drug-likeness (QED) is 0.729. The normalized spacial score (nSPS) is 14.3. The maximum atomic E-state index is 12.8. The largest absolute Gasteiger partial charge is 0.338 e. The monoisotopic (exact) mass is 346 g/mol. The summed E-state index contributed by atoms with van der Waals surface area (Å²) >= 11 is 0. The topological polar surface area (TPSA) is 51.0 Å². The Kier molecular flexibility index (Phi) is 4.29. The molecule has 1 saturated heterocycles. The van der Waals surface area contributed by atoms with E-state index < -0.39 is 0 Å². The minimum Gasteiger partial charge on any atom is -0.338 e. The number of rotatable bonds is 4. The lowest BCUT2D eigenvalue weighted by Crippen LogP contribution is -2.50. The number of hydrogen-bond donors (Lipinski definition) is 0. The highest BCUT2D eigenvalue weighted by atomic mass is 16.2. The molecule has 4 rings (SSSR count). The Labute approximate surface area is 153 Å². The molecular formula is C21H22N4O. The van der Waals surface area contributed by atoms with E-state index in [0.29, 0.717) is 11.5 Å². The van der Waals surface area contributed by atoms with E-state index in [0.717, 1.165) is 36.5 Å². The van der Waals surface area contributed by atoms with Crippen molar-refractivity contribution in [1.82, 2.24) is 19.7 Å². The lowest BCUT2D eigenvalue weighted by molar-refractivity contribution is 0.0500. The summed E-state index contributed by atoms with van der Waals surface area (Å²) < 4.78 is 1.82. The van der Waals surface area contributed by atoms with Crippen molar-refractivity contribution in [3.05, 3.63) is 71.7 Å². The second-order valence-corrected chi connectivity index (χ2v) is 7.00. The minimum atomic E-state index is 0.0806. The molecule has 1 aliphatic rings. The van der Waals surface area contributed by atoms with Crippen LogP contribution in [0.1, 0.15) is 21.6 Å². The number of hydrogen-bond acceptors (Lipinski definition) is 3. The maximum Gasteiger partial charge on any atom is 0.255 e. The Hall–Kier alpha value is -2.95. The van der Waals surface area contributed by atoms with Gasteiger partial charge in [-0.05, 0) is 37.0 Å². The number of aryl methyl sites for hydroxylation is 2. The van der Waals surface area contributed by atoms with Gasteiger partial charge in [0.1, 0.15) is 0 Å². The summed E-state index contributed by atoms with van der Waals surface area (Å²) in [6.07, 6.45) is 4.92. The molecule has 1 fully saturated rings. The van der Waals surface area contributed by atoms with Crippen molar-refractivity contribution in [2.24, 2.45) is 13.0 Å². The Balaban J connectivity index is 1.41. The predicted molar refractivity (Wildman–Crippen MR) is 101 cm³/mol. The van der Waals surface area contributed by atoms with Crippen molar-refractivity contribution in [3.8, 4) is 11.3 Å². The lowest BCUT2D eigenvalue weighted by atomic mass is 9.92. The first-order valence-electron chi connectivity index (χ1n) is 8.90. The van der Waals surface area contributed by atoms with Crippen molar-refractivity contribution in [1.29, 1.82) is 0 Å². The van der Waals surface area contributed by atoms with E-state index in [1.807, 2.05) is 78.4 Å². The van der Waals surface area contributed by atoms with Gasteiger partial charge in [-0.1, -0.05) is 30.3 Å². The van der Waals surface area contributed by atoms with Gasteiger partial charge in [-0.15, -0.1) is 0 Å². The second kappa shape index (κ2) is 6.75. The number of carbonyl (C=O) groups is 1. The summed E-state index contributed by atoms with van der Waals surface area (Å²) in [6, 6.07) is 13.9. The van der Waals surface area contributed by atoms with Crippen LogP contribution < -0.4 is 0 Å². The zero-order chi connectivity index (χ0) is 18.1. The fourth-order valence-corrected chi connectivity index (χ4v) is 3.50.